The smallest absolute Gasteiger partial charge is 0.0402 e. The van der Waals surface area contributed by atoms with Gasteiger partial charge in [-0.1, -0.05) is 0 Å². The molecule has 4 heteroatoms. The minimum absolute atomic E-state index is 0.250. The Morgan fingerprint density at radius 1 is 1.42 bits per heavy atom. The summed E-state index contributed by atoms with van der Waals surface area (Å²) in [7, 11) is 0. The predicted molar refractivity (Wildman–Crippen MR) is 51.1 cm³/mol. The Balaban J connectivity index is 0.000000354. The van der Waals surface area contributed by atoms with Gasteiger partial charge in [0.1, 0.15) is 0 Å². The fraction of sp³-hybridized carbons (Fsp3) is 1.00. The molecule has 0 bridgehead atoms. The summed E-state index contributed by atoms with van der Waals surface area (Å²) in [5.74, 6) is 0. The fourth-order valence-electron chi connectivity index (χ4n) is 1.12. The zero-order valence-electron chi connectivity index (χ0n) is 7.92. The average molecular weight is 175 g/mol. The maximum Gasteiger partial charge on any atom is 0.0402 e. The molecule has 0 atom stereocenters. The molecule has 0 aromatic rings. The fourth-order valence-corrected chi connectivity index (χ4v) is 1.12. The van der Waals surface area contributed by atoms with Gasteiger partial charge in [-0.3, -0.25) is 4.90 Å². The maximum atomic E-state index is 7.57. The molecular formula is C8H21N3O. The van der Waals surface area contributed by atoms with Gasteiger partial charge in [0.25, 0.3) is 0 Å². The van der Waals surface area contributed by atoms with E-state index in [-0.39, 0.29) is 6.61 Å². The zero-order valence-corrected chi connectivity index (χ0v) is 7.92. The van der Waals surface area contributed by atoms with E-state index < -0.39 is 0 Å². The van der Waals surface area contributed by atoms with Gasteiger partial charge in [0.2, 0.25) is 0 Å². The van der Waals surface area contributed by atoms with Crippen molar-refractivity contribution in [3.63, 3.8) is 0 Å². The van der Waals surface area contributed by atoms with Crippen molar-refractivity contribution in [3.8, 4) is 0 Å². The number of hydrogen-bond donors (Lipinski definition) is 3. The number of hydrogen-bond acceptors (Lipinski definition) is 4. The average Bonchev–Trinajstić information content (AvgIpc) is 2.08. The number of rotatable bonds is 2. The maximum absolute atomic E-state index is 7.57. The van der Waals surface area contributed by atoms with Crippen LogP contribution in [0.5, 0.6) is 0 Å². The number of nitrogens with one attached hydrogen (secondary N) is 1. The molecule has 1 fully saturated rings. The third kappa shape index (κ3) is 6.54. The van der Waals surface area contributed by atoms with Crippen LogP contribution in [0.3, 0.4) is 0 Å². The Labute approximate surface area is 74.7 Å². The van der Waals surface area contributed by atoms with Gasteiger partial charge < -0.3 is 16.2 Å². The van der Waals surface area contributed by atoms with Crippen molar-refractivity contribution in [1.29, 1.82) is 0 Å². The molecule has 0 unspecified atom stereocenters. The summed E-state index contributed by atoms with van der Waals surface area (Å²) in [5, 5.41) is 10.9. The highest BCUT2D eigenvalue weighted by molar-refractivity contribution is 4.66. The van der Waals surface area contributed by atoms with Crippen molar-refractivity contribution < 1.29 is 5.11 Å². The van der Waals surface area contributed by atoms with Crippen LogP contribution in [0.25, 0.3) is 0 Å². The number of nitrogens with zero attached hydrogens (tertiary/aromatic N) is 1. The monoisotopic (exact) mass is 175 g/mol. The lowest BCUT2D eigenvalue weighted by molar-refractivity contribution is 0.247. The second-order valence-electron chi connectivity index (χ2n) is 2.70. The van der Waals surface area contributed by atoms with E-state index in [2.05, 4.69) is 10.2 Å². The molecule has 4 nitrogen and oxygen atoms in total. The molecule has 0 spiro atoms. The Hall–Kier alpha value is -0.160. The standard InChI is InChI=1S/C6H15N3.C2H6O/c7-1-4-9-5-2-8-3-6-9;1-2-3/h8H,1-7H2;3H,2H2,1H3. The van der Waals surface area contributed by atoms with Crippen molar-refractivity contribution in [2.45, 2.75) is 6.92 Å². The molecule has 1 saturated heterocycles. The van der Waals surface area contributed by atoms with E-state index in [9.17, 15) is 0 Å². The van der Waals surface area contributed by atoms with E-state index in [1.54, 1.807) is 6.92 Å². The van der Waals surface area contributed by atoms with Gasteiger partial charge in [0.05, 0.1) is 0 Å². The molecule has 0 radical (unpaired) electrons. The summed E-state index contributed by atoms with van der Waals surface area (Å²) >= 11 is 0. The largest absolute Gasteiger partial charge is 0.397 e. The van der Waals surface area contributed by atoms with Crippen molar-refractivity contribution >= 4 is 0 Å². The molecule has 12 heavy (non-hydrogen) atoms. The molecule has 0 aromatic carbocycles. The molecule has 4 N–H and O–H groups in total. The van der Waals surface area contributed by atoms with E-state index in [0.29, 0.717) is 0 Å². The first kappa shape index (κ1) is 11.8. The van der Waals surface area contributed by atoms with Crippen molar-refractivity contribution in [1.82, 2.24) is 10.2 Å². The number of nitrogens with two attached hydrogens (primary N) is 1. The summed E-state index contributed by atoms with van der Waals surface area (Å²) in [6, 6.07) is 0. The van der Waals surface area contributed by atoms with Crippen molar-refractivity contribution in [2.24, 2.45) is 5.73 Å². The van der Waals surface area contributed by atoms with Gasteiger partial charge in [-0.05, 0) is 6.92 Å². The zero-order chi connectivity index (χ0) is 9.23. The van der Waals surface area contributed by atoms with E-state index in [4.69, 9.17) is 10.8 Å². The van der Waals surface area contributed by atoms with Crippen LogP contribution < -0.4 is 11.1 Å². The molecule has 0 amide bonds. The molecule has 0 saturated carbocycles. The molecular weight excluding hydrogens is 154 g/mol. The highest BCUT2D eigenvalue weighted by Crippen LogP contribution is 1.88. The summed E-state index contributed by atoms with van der Waals surface area (Å²) in [4.78, 5) is 2.39. The molecule has 0 aromatic heterocycles. The Kier molecular flexibility index (Phi) is 8.81. The van der Waals surface area contributed by atoms with Gasteiger partial charge >= 0.3 is 0 Å². The van der Waals surface area contributed by atoms with Crippen LogP contribution in [0.2, 0.25) is 0 Å². The third-order valence-electron chi connectivity index (χ3n) is 1.65. The second-order valence-corrected chi connectivity index (χ2v) is 2.70. The minimum atomic E-state index is 0.250. The van der Waals surface area contributed by atoms with Crippen molar-refractivity contribution in [3.05, 3.63) is 0 Å². The van der Waals surface area contributed by atoms with Gasteiger partial charge in [-0.2, -0.15) is 0 Å². The highest BCUT2D eigenvalue weighted by Gasteiger charge is 2.06. The topological polar surface area (TPSA) is 61.5 Å². The van der Waals surface area contributed by atoms with Crippen LogP contribution in [0.4, 0.5) is 0 Å². The van der Waals surface area contributed by atoms with Gasteiger partial charge in [-0.15, -0.1) is 0 Å². The molecule has 1 aliphatic heterocycles. The van der Waals surface area contributed by atoms with Crippen LogP contribution in [0.1, 0.15) is 6.92 Å². The van der Waals surface area contributed by atoms with E-state index in [1.165, 1.54) is 0 Å². The van der Waals surface area contributed by atoms with Crippen LogP contribution >= 0.6 is 0 Å². The first-order valence-corrected chi connectivity index (χ1v) is 4.59. The summed E-state index contributed by atoms with van der Waals surface area (Å²) in [5.41, 5.74) is 5.40. The van der Waals surface area contributed by atoms with E-state index >= 15 is 0 Å². The van der Waals surface area contributed by atoms with Crippen LogP contribution in [0.15, 0.2) is 0 Å². The normalized spacial score (nSPS) is 18.2. The first-order chi connectivity index (χ1) is 5.85. The SMILES string of the molecule is CCO.NCCN1CCNCC1. The van der Waals surface area contributed by atoms with Crippen LogP contribution in [-0.2, 0) is 0 Å². The van der Waals surface area contributed by atoms with E-state index in [1.807, 2.05) is 0 Å². The summed E-state index contributed by atoms with van der Waals surface area (Å²) < 4.78 is 0. The number of aliphatic hydroxyl groups excluding tert-OH is 1. The minimum Gasteiger partial charge on any atom is -0.397 e. The predicted octanol–water partition coefficient (Wildman–Crippen LogP) is -1.15. The third-order valence-corrected chi connectivity index (χ3v) is 1.65. The number of aliphatic hydroxyl groups is 1. The lowest BCUT2D eigenvalue weighted by Gasteiger charge is -2.26. The second kappa shape index (κ2) is 8.93. The molecule has 1 aliphatic rings. The van der Waals surface area contributed by atoms with Gasteiger partial charge in [0.15, 0.2) is 0 Å². The number of piperazine rings is 1. The van der Waals surface area contributed by atoms with Crippen LogP contribution in [-0.4, -0.2) is 55.9 Å². The quantitative estimate of drug-likeness (QED) is 0.496. The highest BCUT2D eigenvalue weighted by atomic mass is 16.2. The Bertz CT molecular complexity index is 81.6. The Morgan fingerprint density at radius 3 is 2.33 bits per heavy atom. The summed E-state index contributed by atoms with van der Waals surface area (Å²) in [6.45, 7) is 8.36. The molecule has 74 valence electrons. The first-order valence-electron chi connectivity index (χ1n) is 4.59. The lowest BCUT2D eigenvalue weighted by Crippen LogP contribution is -2.45. The van der Waals surface area contributed by atoms with Gasteiger partial charge in [0, 0.05) is 45.9 Å². The van der Waals surface area contributed by atoms with Crippen LogP contribution in [0, 0.1) is 0 Å². The summed E-state index contributed by atoms with van der Waals surface area (Å²) in [6.07, 6.45) is 0. The molecule has 1 rings (SSSR count). The lowest BCUT2D eigenvalue weighted by atomic mass is 10.3. The van der Waals surface area contributed by atoms with Crippen molar-refractivity contribution in [2.75, 3.05) is 45.9 Å². The van der Waals surface area contributed by atoms with Gasteiger partial charge in [-0.25, -0.2) is 0 Å². The van der Waals surface area contributed by atoms with E-state index in [0.717, 1.165) is 39.3 Å². The molecule has 0 aliphatic carbocycles. The Morgan fingerprint density at radius 2 is 1.92 bits per heavy atom. The molecule has 1 heterocycles.